The molecule has 3 rings (SSSR count). The monoisotopic (exact) mass is 416 g/mol. The molecule has 0 aliphatic carbocycles. The molecule has 0 saturated heterocycles. The number of sulfonamides is 1. The fourth-order valence-electron chi connectivity index (χ4n) is 3.09. The second kappa shape index (κ2) is 7.21. The van der Waals surface area contributed by atoms with Crippen LogP contribution in [-0.4, -0.2) is 35.8 Å². The molecule has 152 valence electrons. The van der Waals surface area contributed by atoms with Crippen LogP contribution in [0.3, 0.4) is 0 Å². The molecule has 29 heavy (non-hydrogen) atoms. The number of amides is 1. The van der Waals surface area contributed by atoms with Crippen molar-refractivity contribution >= 4 is 38.4 Å². The van der Waals surface area contributed by atoms with Crippen molar-refractivity contribution < 1.29 is 18.0 Å². The standard InChI is InChI=1S/C19H20N4O5S/c1-12(24)13-4-6-14(7-5-13)23(11-18(20)25)29(27,28)15-8-9-16-17(10-15)22(3)19(26)21(16)2/h4-10H,11H2,1-3H3,(H2,20,25). The van der Waals surface area contributed by atoms with E-state index in [0.29, 0.717) is 16.6 Å². The van der Waals surface area contributed by atoms with Crippen LogP contribution in [0.2, 0.25) is 0 Å². The van der Waals surface area contributed by atoms with Crippen molar-refractivity contribution in [2.75, 3.05) is 10.8 Å². The fourth-order valence-corrected chi connectivity index (χ4v) is 4.54. The van der Waals surface area contributed by atoms with Gasteiger partial charge in [0.15, 0.2) is 5.78 Å². The minimum Gasteiger partial charge on any atom is -0.368 e. The highest BCUT2D eigenvalue weighted by atomic mass is 32.2. The first-order valence-corrected chi connectivity index (χ1v) is 10.1. The van der Waals surface area contributed by atoms with Crippen molar-refractivity contribution in [3.63, 3.8) is 0 Å². The Morgan fingerprint density at radius 2 is 1.59 bits per heavy atom. The van der Waals surface area contributed by atoms with Crippen LogP contribution in [0.5, 0.6) is 0 Å². The van der Waals surface area contributed by atoms with Gasteiger partial charge in [0.25, 0.3) is 10.0 Å². The average Bonchev–Trinajstić information content (AvgIpc) is 2.90. The van der Waals surface area contributed by atoms with E-state index in [4.69, 9.17) is 5.73 Å². The molecular weight excluding hydrogens is 396 g/mol. The number of aromatic nitrogens is 2. The Hall–Kier alpha value is -3.40. The second-order valence-corrected chi connectivity index (χ2v) is 8.49. The lowest BCUT2D eigenvalue weighted by atomic mass is 10.1. The summed E-state index contributed by atoms with van der Waals surface area (Å²) in [5.74, 6) is -1.01. The van der Waals surface area contributed by atoms with Gasteiger partial charge in [0.2, 0.25) is 5.91 Å². The lowest BCUT2D eigenvalue weighted by Crippen LogP contribution is -2.38. The molecule has 0 fully saturated rings. The van der Waals surface area contributed by atoms with E-state index in [0.717, 1.165) is 4.31 Å². The third-order valence-corrected chi connectivity index (χ3v) is 6.46. The number of hydrogen-bond donors (Lipinski definition) is 1. The summed E-state index contributed by atoms with van der Waals surface area (Å²) in [6.45, 7) is 0.819. The summed E-state index contributed by atoms with van der Waals surface area (Å²) >= 11 is 0. The Morgan fingerprint density at radius 1 is 1.00 bits per heavy atom. The van der Waals surface area contributed by atoms with E-state index in [1.165, 1.54) is 58.5 Å². The van der Waals surface area contributed by atoms with Gasteiger partial charge in [-0.2, -0.15) is 0 Å². The first kappa shape index (κ1) is 20.3. The Kier molecular flexibility index (Phi) is 5.05. The number of rotatable bonds is 6. The van der Waals surface area contributed by atoms with Crippen molar-refractivity contribution in [1.82, 2.24) is 9.13 Å². The molecule has 2 N–H and O–H groups in total. The van der Waals surface area contributed by atoms with Crippen molar-refractivity contribution in [3.05, 3.63) is 58.5 Å². The van der Waals surface area contributed by atoms with Gasteiger partial charge in [0, 0.05) is 19.7 Å². The lowest BCUT2D eigenvalue weighted by molar-refractivity contribution is -0.116. The fraction of sp³-hybridized carbons (Fsp3) is 0.211. The molecule has 10 heteroatoms. The van der Waals surface area contributed by atoms with E-state index in [-0.39, 0.29) is 22.1 Å². The van der Waals surface area contributed by atoms with Gasteiger partial charge in [-0.15, -0.1) is 0 Å². The van der Waals surface area contributed by atoms with Gasteiger partial charge in [-0.05, 0) is 49.4 Å². The van der Waals surface area contributed by atoms with E-state index < -0.39 is 22.5 Å². The molecule has 0 aliphatic heterocycles. The summed E-state index contributed by atoms with van der Waals surface area (Å²) in [4.78, 5) is 35.1. The van der Waals surface area contributed by atoms with Gasteiger partial charge >= 0.3 is 5.69 Å². The summed E-state index contributed by atoms with van der Waals surface area (Å²) in [6.07, 6.45) is 0. The van der Waals surface area contributed by atoms with Crippen molar-refractivity contribution in [2.45, 2.75) is 11.8 Å². The molecule has 2 aromatic carbocycles. The number of fused-ring (bicyclic) bond motifs is 1. The number of carbonyl (C=O) groups is 2. The van der Waals surface area contributed by atoms with E-state index in [1.807, 2.05) is 0 Å². The van der Waals surface area contributed by atoms with Crippen molar-refractivity contribution in [1.29, 1.82) is 0 Å². The molecular formula is C19H20N4O5S. The molecule has 1 heterocycles. The summed E-state index contributed by atoms with van der Waals surface area (Å²) in [7, 11) is -1.03. The van der Waals surface area contributed by atoms with E-state index in [1.54, 1.807) is 14.1 Å². The zero-order valence-electron chi connectivity index (χ0n) is 16.1. The molecule has 0 radical (unpaired) electrons. The quantitative estimate of drug-likeness (QED) is 0.594. The van der Waals surface area contributed by atoms with Crippen LogP contribution in [-0.2, 0) is 28.9 Å². The van der Waals surface area contributed by atoms with Gasteiger partial charge in [0.05, 0.1) is 21.6 Å². The van der Waals surface area contributed by atoms with Gasteiger partial charge in [-0.25, -0.2) is 13.2 Å². The number of ketones is 1. The Bertz CT molecular complexity index is 1290. The smallest absolute Gasteiger partial charge is 0.328 e. The Labute approximate surface area is 167 Å². The Balaban J connectivity index is 2.15. The van der Waals surface area contributed by atoms with Crippen molar-refractivity contribution in [3.8, 4) is 0 Å². The zero-order valence-corrected chi connectivity index (χ0v) is 16.9. The van der Waals surface area contributed by atoms with Crippen LogP contribution < -0.4 is 15.7 Å². The number of anilines is 1. The number of imidazole rings is 1. The third kappa shape index (κ3) is 3.54. The first-order chi connectivity index (χ1) is 13.5. The lowest BCUT2D eigenvalue weighted by Gasteiger charge is -2.23. The highest BCUT2D eigenvalue weighted by Crippen LogP contribution is 2.26. The van der Waals surface area contributed by atoms with Crippen LogP contribution >= 0.6 is 0 Å². The van der Waals surface area contributed by atoms with Crippen LogP contribution in [0.15, 0.2) is 52.2 Å². The topological polar surface area (TPSA) is 124 Å². The van der Waals surface area contributed by atoms with E-state index in [2.05, 4.69) is 0 Å². The minimum absolute atomic E-state index is 0.0944. The number of hydrogen-bond acceptors (Lipinski definition) is 5. The molecule has 3 aromatic rings. The van der Waals surface area contributed by atoms with E-state index in [9.17, 15) is 22.8 Å². The zero-order chi connectivity index (χ0) is 21.5. The van der Waals surface area contributed by atoms with Crippen LogP contribution in [0.4, 0.5) is 5.69 Å². The molecule has 1 aromatic heterocycles. The van der Waals surface area contributed by atoms with E-state index >= 15 is 0 Å². The SMILES string of the molecule is CC(=O)c1ccc(N(CC(N)=O)S(=O)(=O)c2ccc3c(c2)n(C)c(=O)n3C)cc1. The maximum Gasteiger partial charge on any atom is 0.328 e. The predicted octanol–water partition coefficient (Wildman–Crippen LogP) is 0.760. The number of Topliss-reactive ketones (excluding diaryl/α,β-unsaturated/α-hetero) is 1. The predicted molar refractivity (Wildman–Crippen MR) is 108 cm³/mol. The molecule has 0 bridgehead atoms. The molecule has 0 aliphatic rings. The molecule has 9 nitrogen and oxygen atoms in total. The maximum absolute atomic E-state index is 13.3. The first-order valence-electron chi connectivity index (χ1n) is 8.61. The number of primary amides is 1. The van der Waals surface area contributed by atoms with Gasteiger partial charge in [-0.1, -0.05) is 0 Å². The van der Waals surface area contributed by atoms with Gasteiger partial charge < -0.3 is 5.73 Å². The normalized spacial score (nSPS) is 11.6. The number of nitrogens with zero attached hydrogens (tertiary/aromatic N) is 3. The molecule has 0 unspecified atom stereocenters. The second-order valence-electron chi connectivity index (χ2n) is 6.63. The van der Waals surface area contributed by atoms with Crippen LogP contribution in [0.25, 0.3) is 11.0 Å². The number of nitrogens with two attached hydrogens (primary N) is 1. The van der Waals surface area contributed by atoms with Crippen molar-refractivity contribution in [2.24, 2.45) is 19.8 Å². The number of benzene rings is 2. The average molecular weight is 416 g/mol. The highest BCUT2D eigenvalue weighted by Gasteiger charge is 2.27. The summed E-state index contributed by atoms with van der Waals surface area (Å²) in [6, 6.07) is 10.1. The number of aryl methyl sites for hydroxylation is 2. The van der Waals surface area contributed by atoms with Crippen LogP contribution in [0, 0.1) is 0 Å². The summed E-state index contributed by atoms with van der Waals surface area (Å²) < 4.78 is 30.2. The molecule has 0 spiro atoms. The molecule has 1 amide bonds. The number of carbonyl (C=O) groups excluding carboxylic acids is 2. The van der Waals surface area contributed by atoms with Crippen LogP contribution in [0.1, 0.15) is 17.3 Å². The van der Waals surface area contributed by atoms with Gasteiger partial charge in [-0.3, -0.25) is 23.0 Å². The maximum atomic E-state index is 13.3. The summed E-state index contributed by atoms with van der Waals surface area (Å²) in [5.41, 5.74) is 6.59. The third-order valence-electron chi connectivity index (χ3n) is 4.69. The van der Waals surface area contributed by atoms with Gasteiger partial charge in [0.1, 0.15) is 6.54 Å². The molecule has 0 saturated carbocycles. The Morgan fingerprint density at radius 3 is 2.14 bits per heavy atom. The summed E-state index contributed by atoms with van der Waals surface area (Å²) in [5, 5.41) is 0. The molecule has 0 atom stereocenters. The highest BCUT2D eigenvalue weighted by molar-refractivity contribution is 7.92. The largest absolute Gasteiger partial charge is 0.368 e. The minimum atomic E-state index is -4.17.